The molecular weight excluding hydrogens is 446 g/mol. The number of nitrogens with zero attached hydrogens (tertiary/aromatic N) is 1. The summed E-state index contributed by atoms with van der Waals surface area (Å²) < 4.78 is 16.8. The molecule has 4 aromatic rings. The first-order valence-corrected chi connectivity index (χ1v) is 11.5. The summed E-state index contributed by atoms with van der Waals surface area (Å²) in [7, 11) is 0. The van der Waals surface area contributed by atoms with Gasteiger partial charge in [-0.2, -0.15) is 0 Å². The number of nitrogens with one attached hydrogen (secondary N) is 2. The van der Waals surface area contributed by atoms with Gasteiger partial charge < -0.3 is 23.9 Å². The Bertz CT molecular complexity index is 1370. The van der Waals surface area contributed by atoms with Crippen LogP contribution in [0.1, 0.15) is 42.1 Å². The Morgan fingerprint density at radius 1 is 0.914 bits per heavy atom. The molecule has 0 saturated carbocycles. The van der Waals surface area contributed by atoms with Gasteiger partial charge in [0, 0.05) is 23.6 Å². The van der Waals surface area contributed by atoms with Crippen LogP contribution in [0.25, 0.3) is 0 Å². The van der Waals surface area contributed by atoms with Gasteiger partial charge >= 0.3 is 6.03 Å². The number of rotatable bonds is 4. The number of para-hydroxylation sites is 2. The van der Waals surface area contributed by atoms with Crippen LogP contribution in [0.4, 0.5) is 16.2 Å². The first-order chi connectivity index (χ1) is 17.2. The zero-order valence-corrected chi connectivity index (χ0v) is 18.8. The van der Waals surface area contributed by atoms with Gasteiger partial charge in [-0.15, -0.1) is 0 Å². The van der Waals surface area contributed by atoms with Crippen LogP contribution in [0.5, 0.6) is 0 Å². The maximum atomic E-state index is 13.7. The Balaban J connectivity index is 1.46. The van der Waals surface area contributed by atoms with Crippen molar-refractivity contribution in [1.29, 1.82) is 0 Å². The Hall–Kier alpha value is -4.46. The third-order valence-electron chi connectivity index (χ3n) is 6.46. The first kappa shape index (κ1) is 21.1. The van der Waals surface area contributed by atoms with Crippen molar-refractivity contribution in [3.63, 3.8) is 0 Å². The number of urea groups is 1. The maximum Gasteiger partial charge on any atom is 0.323 e. The molecule has 8 heteroatoms. The minimum atomic E-state index is -0.738. The molecule has 0 radical (unpaired) electrons. The molecule has 8 nitrogen and oxygen atoms in total. The number of ketones is 1. The predicted molar refractivity (Wildman–Crippen MR) is 128 cm³/mol. The van der Waals surface area contributed by atoms with Gasteiger partial charge in [0.1, 0.15) is 23.3 Å². The fourth-order valence-corrected chi connectivity index (χ4v) is 4.92. The molecule has 2 aliphatic rings. The normalized spacial score (nSPS) is 19.5. The van der Waals surface area contributed by atoms with E-state index in [0.29, 0.717) is 29.2 Å². The molecule has 3 aromatic heterocycles. The summed E-state index contributed by atoms with van der Waals surface area (Å²) in [5, 5.41) is 6.40. The lowest BCUT2D eigenvalue weighted by Crippen LogP contribution is -2.44. The summed E-state index contributed by atoms with van der Waals surface area (Å²) >= 11 is 0. The average Bonchev–Trinajstić information content (AvgIpc) is 3.65. The smallest absolute Gasteiger partial charge is 0.323 e. The van der Waals surface area contributed by atoms with E-state index < -0.39 is 6.04 Å². The van der Waals surface area contributed by atoms with Crippen molar-refractivity contribution in [2.75, 3.05) is 10.2 Å². The second-order valence-electron chi connectivity index (χ2n) is 8.60. The van der Waals surface area contributed by atoms with Gasteiger partial charge in [0.05, 0.1) is 36.7 Å². The summed E-state index contributed by atoms with van der Waals surface area (Å²) in [6, 6.07) is 17.3. The summed E-state index contributed by atoms with van der Waals surface area (Å²) in [6.07, 6.45) is 5.59. The highest BCUT2D eigenvalue weighted by molar-refractivity contribution is 6.05. The molecule has 176 valence electrons. The molecule has 0 bridgehead atoms. The van der Waals surface area contributed by atoms with E-state index >= 15 is 0 Å². The van der Waals surface area contributed by atoms with Crippen LogP contribution < -0.4 is 15.5 Å². The van der Waals surface area contributed by atoms with E-state index in [-0.39, 0.29) is 30.7 Å². The summed E-state index contributed by atoms with van der Waals surface area (Å²) in [4.78, 5) is 29.0. The van der Waals surface area contributed by atoms with E-state index in [4.69, 9.17) is 13.3 Å². The topological polar surface area (TPSA) is 101 Å². The number of anilines is 2. The van der Waals surface area contributed by atoms with E-state index in [9.17, 15) is 9.59 Å². The number of allylic oxidation sites excluding steroid dienone is 1. The van der Waals surface area contributed by atoms with Crippen LogP contribution in [-0.2, 0) is 11.3 Å². The van der Waals surface area contributed by atoms with E-state index in [0.717, 1.165) is 17.1 Å². The number of hydrogen-bond acceptors (Lipinski definition) is 6. The van der Waals surface area contributed by atoms with Crippen molar-refractivity contribution < 1.29 is 22.8 Å². The summed E-state index contributed by atoms with van der Waals surface area (Å²) in [5.41, 5.74) is 2.66. The number of amides is 2. The molecular formula is C27H23N3O5. The lowest BCUT2D eigenvalue weighted by molar-refractivity contribution is -0.116. The van der Waals surface area contributed by atoms with Gasteiger partial charge in [-0.3, -0.25) is 9.69 Å². The van der Waals surface area contributed by atoms with Crippen LogP contribution >= 0.6 is 0 Å². The zero-order chi connectivity index (χ0) is 23.8. The summed E-state index contributed by atoms with van der Waals surface area (Å²) in [5.74, 6) is 1.76. The third kappa shape index (κ3) is 3.82. The Labute approximate surface area is 201 Å². The SMILES string of the molecule is O=C1C[C@H](c2ccco2)CC2=C1[C@H](c1ccco1)N(C(=O)NCc1ccco1)c1ccccc1N2. The molecule has 4 heterocycles. The number of Topliss-reactive ketones (excluding diaryl/α,β-unsaturated/α-hetero) is 1. The highest BCUT2D eigenvalue weighted by Gasteiger charge is 2.43. The van der Waals surface area contributed by atoms with E-state index in [1.165, 1.54) is 0 Å². The molecule has 0 unspecified atom stereocenters. The molecule has 1 aliphatic carbocycles. The molecule has 2 amide bonds. The molecule has 1 aliphatic heterocycles. The molecule has 2 atom stereocenters. The van der Waals surface area contributed by atoms with Crippen molar-refractivity contribution in [2.45, 2.75) is 31.3 Å². The number of benzene rings is 1. The predicted octanol–water partition coefficient (Wildman–Crippen LogP) is 5.75. The van der Waals surface area contributed by atoms with E-state index in [1.807, 2.05) is 36.4 Å². The van der Waals surface area contributed by atoms with Gasteiger partial charge in [0.15, 0.2) is 5.78 Å². The lowest BCUT2D eigenvalue weighted by Gasteiger charge is -2.33. The van der Waals surface area contributed by atoms with Gasteiger partial charge in [0.25, 0.3) is 0 Å². The van der Waals surface area contributed by atoms with Gasteiger partial charge in [-0.05, 0) is 55.0 Å². The van der Waals surface area contributed by atoms with Crippen LogP contribution in [0.2, 0.25) is 0 Å². The van der Waals surface area contributed by atoms with Crippen molar-refractivity contribution in [3.8, 4) is 0 Å². The quantitative estimate of drug-likeness (QED) is 0.395. The van der Waals surface area contributed by atoms with Crippen molar-refractivity contribution in [2.24, 2.45) is 0 Å². The molecule has 0 spiro atoms. The zero-order valence-electron chi connectivity index (χ0n) is 18.8. The molecule has 0 fully saturated rings. The maximum absolute atomic E-state index is 13.7. The number of carbonyl (C=O) groups is 2. The van der Waals surface area contributed by atoms with E-state index in [1.54, 1.807) is 48.0 Å². The Kier molecular flexibility index (Phi) is 5.25. The van der Waals surface area contributed by atoms with E-state index in [2.05, 4.69) is 10.6 Å². The molecule has 0 saturated heterocycles. The first-order valence-electron chi connectivity index (χ1n) is 11.5. The Morgan fingerprint density at radius 3 is 2.40 bits per heavy atom. The fourth-order valence-electron chi connectivity index (χ4n) is 4.92. The van der Waals surface area contributed by atoms with Crippen LogP contribution in [0, 0.1) is 0 Å². The highest BCUT2D eigenvalue weighted by Crippen LogP contribution is 2.47. The van der Waals surface area contributed by atoms with Gasteiger partial charge in [-0.25, -0.2) is 4.79 Å². The number of fused-ring (bicyclic) bond motifs is 1. The number of carbonyl (C=O) groups excluding carboxylic acids is 2. The number of hydrogen-bond donors (Lipinski definition) is 2. The highest BCUT2D eigenvalue weighted by atomic mass is 16.3. The van der Waals surface area contributed by atoms with Crippen LogP contribution in [-0.4, -0.2) is 11.8 Å². The molecule has 6 rings (SSSR count). The third-order valence-corrected chi connectivity index (χ3v) is 6.46. The molecule has 35 heavy (non-hydrogen) atoms. The average molecular weight is 469 g/mol. The monoisotopic (exact) mass is 469 g/mol. The minimum absolute atomic E-state index is 0.0572. The Morgan fingerprint density at radius 2 is 1.66 bits per heavy atom. The largest absolute Gasteiger partial charge is 0.469 e. The number of furan rings is 3. The van der Waals surface area contributed by atoms with Crippen LogP contribution in [0.15, 0.2) is 104 Å². The second kappa shape index (κ2) is 8.72. The standard InChI is InChI=1S/C27H23N3O5/c31-22-15-17(23-9-4-12-34-23)14-20-25(22)26(24-10-5-13-35-24)30(21-8-2-1-7-19(21)29-20)27(32)28-16-18-6-3-11-33-18/h1-13,17,26,29H,14-16H2,(H,28,32)/t17-,26+/m1/s1. The summed E-state index contributed by atoms with van der Waals surface area (Å²) in [6.45, 7) is 0.212. The lowest BCUT2D eigenvalue weighted by atomic mass is 9.81. The van der Waals surface area contributed by atoms with Crippen LogP contribution in [0.3, 0.4) is 0 Å². The van der Waals surface area contributed by atoms with Crippen molar-refractivity contribution in [1.82, 2.24) is 5.32 Å². The molecule has 2 N–H and O–H groups in total. The molecule has 1 aromatic carbocycles. The van der Waals surface area contributed by atoms with Gasteiger partial charge in [-0.1, -0.05) is 12.1 Å². The fraction of sp³-hybridized carbons (Fsp3) is 0.185. The minimum Gasteiger partial charge on any atom is -0.469 e. The van der Waals surface area contributed by atoms with Crippen molar-refractivity contribution >= 4 is 23.2 Å². The second-order valence-corrected chi connectivity index (χ2v) is 8.60. The van der Waals surface area contributed by atoms with Gasteiger partial charge in [0.2, 0.25) is 0 Å². The van der Waals surface area contributed by atoms with Crippen molar-refractivity contribution in [3.05, 3.63) is 108 Å².